The van der Waals surface area contributed by atoms with Crippen LogP contribution in [0.3, 0.4) is 0 Å². The number of ether oxygens (including phenoxy) is 3. The molecule has 4 N–H and O–H groups in total. The van der Waals surface area contributed by atoms with Crippen molar-refractivity contribution in [1.29, 1.82) is 0 Å². The maximum Gasteiger partial charge on any atom is 0.336 e. The molecule has 0 spiro atoms. The maximum absolute atomic E-state index is 10.3. The van der Waals surface area contributed by atoms with Gasteiger partial charge in [-0.2, -0.15) is 0 Å². The first-order valence-corrected chi connectivity index (χ1v) is 12.5. The monoisotopic (exact) mass is 586 g/mol. The summed E-state index contributed by atoms with van der Waals surface area (Å²) in [5.41, 5.74) is 0.552. The summed E-state index contributed by atoms with van der Waals surface area (Å²) in [4.78, 5) is 45.5. The van der Waals surface area contributed by atoms with Gasteiger partial charge in [0.15, 0.2) is 17.1 Å². The molecule has 3 rings (SSSR count). The molecule has 0 atom stereocenters. The Labute approximate surface area is 242 Å². The van der Waals surface area contributed by atoms with Crippen LogP contribution in [0.1, 0.15) is 35.4 Å². The van der Waals surface area contributed by atoms with Gasteiger partial charge >= 0.3 is 17.9 Å². The average Bonchev–Trinajstić information content (AvgIpc) is 2.93. The number of hydrogen-bond acceptors (Lipinski definition) is 11. The standard InChI is InChI=1S/C22H26N4O3.C6H8O7/c1-16-24-11-19(12-25-16)15-26(13-17-5-7-23-8-6-17)14-18-9-20(27-2)22(29-4)21(10-18)28-3;7-3(8)1-6(13,5(11)12)2-4(9)10/h5-12H,13-15H2,1-4H3;13H,1-2H2,(H,7,8)(H,9,10)(H,11,12). The van der Waals surface area contributed by atoms with Crippen molar-refractivity contribution in [2.24, 2.45) is 0 Å². The van der Waals surface area contributed by atoms with Gasteiger partial charge in [0.1, 0.15) is 5.82 Å². The number of benzene rings is 1. The third-order valence-electron chi connectivity index (χ3n) is 5.81. The number of pyridine rings is 1. The predicted molar refractivity (Wildman–Crippen MR) is 147 cm³/mol. The van der Waals surface area contributed by atoms with Crippen molar-refractivity contribution in [3.8, 4) is 17.2 Å². The molecule has 0 fully saturated rings. The molecule has 0 aliphatic heterocycles. The maximum atomic E-state index is 10.3. The van der Waals surface area contributed by atoms with E-state index in [9.17, 15) is 14.4 Å². The predicted octanol–water partition coefficient (Wildman–Crippen LogP) is 2.16. The fraction of sp³-hybridized carbons (Fsp3) is 0.357. The molecule has 14 nitrogen and oxygen atoms in total. The van der Waals surface area contributed by atoms with E-state index in [1.807, 2.05) is 56.0 Å². The molecule has 0 amide bonds. The van der Waals surface area contributed by atoms with E-state index in [0.717, 1.165) is 23.5 Å². The van der Waals surface area contributed by atoms with Crippen LogP contribution in [0.4, 0.5) is 0 Å². The van der Waals surface area contributed by atoms with Crippen molar-refractivity contribution in [2.45, 2.75) is 45.0 Å². The summed E-state index contributed by atoms with van der Waals surface area (Å²) in [6, 6.07) is 8.00. The molecule has 0 saturated carbocycles. The lowest BCUT2D eigenvalue weighted by atomic mass is 9.96. The van der Waals surface area contributed by atoms with Crippen LogP contribution in [0.5, 0.6) is 17.2 Å². The number of nitrogens with zero attached hydrogens (tertiary/aromatic N) is 4. The number of aryl methyl sites for hydroxylation is 1. The lowest BCUT2D eigenvalue weighted by Crippen LogP contribution is -2.42. The van der Waals surface area contributed by atoms with Crippen molar-refractivity contribution in [1.82, 2.24) is 19.9 Å². The van der Waals surface area contributed by atoms with E-state index in [2.05, 4.69) is 19.9 Å². The normalized spacial score (nSPS) is 10.8. The van der Waals surface area contributed by atoms with Crippen LogP contribution in [0.25, 0.3) is 0 Å². The van der Waals surface area contributed by atoms with Gasteiger partial charge in [-0.1, -0.05) is 0 Å². The van der Waals surface area contributed by atoms with E-state index in [1.165, 1.54) is 5.56 Å². The minimum atomic E-state index is -2.74. The lowest BCUT2D eigenvalue weighted by Gasteiger charge is -2.23. The van der Waals surface area contributed by atoms with Gasteiger partial charge in [-0.25, -0.2) is 14.8 Å². The van der Waals surface area contributed by atoms with E-state index in [1.54, 1.807) is 21.3 Å². The van der Waals surface area contributed by atoms with Crippen molar-refractivity contribution in [3.05, 3.63) is 71.6 Å². The van der Waals surface area contributed by atoms with Gasteiger partial charge in [0.2, 0.25) is 5.75 Å². The molecule has 2 heterocycles. The number of methoxy groups -OCH3 is 3. The van der Waals surface area contributed by atoms with Gasteiger partial charge in [0, 0.05) is 50.0 Å². The number of hydrogen-bond donors (Lipinski definition) is 4. The van der Waals surface area contributed by atoms with Crippen LogP contribution in [0.15, 0.2) is 49.1 Å². The summed E-state index contributed by atoms with van der Waals surface area (Å²) in [5, 5.41) is 33.8. The zero-order valence-corrected chi connectivity index (χ0v) is 23.7. The summed E-state index contributed by atoms with van der Waals surface area (Å²) in [6.45, 7) is 4.04. The molecule has 0 saturated heterocycles. The van der Waals surface area contributed by atoms with E-state index in [0.29, 0.717) is 30.3 Å². The first-order chi connectivity index (χ1) is 19.9. The highest BCUT2D eigenvalue weighted by molar-refractivity contribution is 5.88. The van der Waals surface area contributed by atoms with Crippen LogP contribution in [-0.4, -0.2) is 85.1 Å². The fourth-order valence-electron chi connectivity index (χ4n) is 3.87. The minimum absolute atomic E-state index is 0.589. The molecule has 3 aromatic rings. The zero-order chi connectivity index (χ0) is 31.3. The topological polar surface area (TPSA) is 202 Å². The Kier molecular flexibility index (Phi) is 12.6. The number of aromatic nitrogens is 3. The number of aliphatic hydroxyl groups is 1. The second-order valence-corrected chi connectivity index (χ2v) is 9.15. The fourth-order valence-corrected chi connectivity index (χ4v) is 3.87. The number of rotatable bonds is 14. The van der Waals surface area contributed by atoms with Crippen LogP contribution in [0, 0.1) is 6.92 Å². The Morgan fingerprint density at radius 1 is 0.786 bits per heavy atom. The Bertz CT molecular complexity index is 1300. The molecule has 0 bridgehead atoms. The largest absolute Gasteiger partial charge is 0.493 e. The second-order valence-electron chi connectivity index (χ2n) is 9.15. The zero-order valence-electron chi connectivity index (χ0n) is 23.7. The second kappa shape index (κ2) is 15.8. The molecular formula is C28H34N4O10. The van der Waals surface area contributed by atoms with Crippen LogP contribution in [-0.2, 0) is 34.0 Å². The molecule has 0 aliphatic carbocycles. The van der Waals surface area contributed by atoms with Crippen molar-refractivity contribution in [3.63, 3.8) is 0 Å². The highest BCUT2D eigenvalue weighted by Crippen LogP contribution is 2.38. The van der Waals surface area contributed by atoms with Crippen LogP contribution in [0.2, 0.25) is 0 Å². The van der Waals surface area contributed by atoms with Crippen molar-refractivity contribution in [2.75, 3.05) is 21.3 Å². The van der Waals surface area contributed by atoms with Gasteiger partial charge in [0.05, 0.1) is 34.2 Å². The lowest BCUT2D eigenvalue weighted by molar-refractivity contribution is -0.170. The summed E-state index contributed by atoms with van der Waals surface area (Å²) < 4.78 is 16.4. The minimum Gasteiger partial charge on any atom is -0.493 e. The summed E-state index contributed by atoms with van der Waals surface area (Å²) in [5.74, 6) is -2.38. The molecule has 2 aromatic heterocycles. The Morgan fingerprint density at radius 3 is 1.69 bits per heavy atom. The number of carbonyl (C=O) groups is 3. The third-order valence-corrected chi connectivity index (χ3v) is 5.81. The first kappa shape index (κ1) is 33.4. The third kappa shape index (κ3) is 10.3. The van der Waals surface area contributed by atoms with Gasteiger partial charge < -0.3 is 34.6 Å². The molecule has 0 aliphatic rings. The molecule has 14 heteroatoms. The van der Waals surface area contributed by atoms with Crippen molar-refractivity contribution < 1.29 is 49.0 Å². The highest BCUT2D eigenvalue weighted by Gasteiger charge is 2.40. The smallest absolute Gasteiger partial charge is 0.336 e. The Morgan fingerprint density at radius 2 is 1.26 bits per heavy atom. The molecule has 0 radical (unpaired) electrons. The summed E-state index contributed by atoms with van der Waals surface area (Å²) in [6.07, 6.45) is 5.07. The van der Waals surface area contributed by atoms with Crippen LogP contribution < -0.4 is 14.2 Å². The molecule has 42 heavy (non-hydrogen) atoms. The number of aliphatic carboxylic acids is 3. The van der Waals surface area contributed by atoms with E-state index in [4.69, 9.17) is 34.6 Å². The van der Waals surface area contributed by atoms with Gasteiger partial charge in [-0.3, -0.25) is 19.5 Å². The van der Waals surface area contributed by atoms with Gasteiger partial charge in [-0.05, 0) is 42.3 Å². The summed E-state index contributed by atoms with van der Waals surface area (Å²) in [7, 11) is 4.85. The molecule has 0 unspecified atom stereocenters. The quantitative estimate of drug-likeness (QED) is 0.214. The van der Waals surface area contributed by atoms with Gasteiger partial charge in [0.25, 0.3) is 0 Å². The molecular weight excluding hydrogens is 552 g/mol. The van der Waals surface area contributed by atoms with E-state index >= 15 is 0 Å². The molecule has 226 valence electrons. The number of carboxylic acids is 3. The van der Waals surface area contributed by atoms with Gasteiger partial charge in [-0.15, -0.1) is 0 Å². The van der Waals surface area contributed by atoms with Crippen molar-refractivity contribution >= 4 is 17.9 Å². The van der Waals surface area contributed by atoms with E-state index < -0.39 is 36.4 Å². The highest BCUT2D eigenvalue weighted by atomic mass is 16.5. The SMILES string of the molecule is COc1cc(CN(Cc2ccncc2)Cc2cnc(C)nc2)cc(OC)c1OC.O=C(O)CC(O)(CC(=O)O)C(=O)O. The Hall–Kier alpha value is -4.82. The van der Waals surface area contributed by atoms with Crippen LogP contribution >= 0.6 is 0 Å². The van der Waals surface area contributed by atoms with E-state index in [-0.39, 0.29) is 0 Å². The number of carboxylic acid groups (broad SMARTS) is 3. The first-order valence-electron chi connectivity index (χ1n) is 12.5. The Balaban J connectivity index is 0.000000401. The average molecular weight is 587 g/mol. The summed E-state index contributed by atoms with van der Waals surface area (Å²) >= 11 is 0. The molecule has 1 aromatic carbocycles.